The molecule has 0 saturated carbocycles. The van der Waals surface area contributed by atoms with Crippen molar-refractivity contribution in [1.29, 1.82) is 0 Å². The lowest BCUT2D eigenvalue weighted by atomic mass is 10.1. The van der Waals surface area contributed by atoms with E-state index < -0.39 is 0 Å². The van der Waals surface area contributed by atoms with E-state index in [0.717, 1.165) is 21.3 Å². The molecule has 2 aromatic heterocycles. The van der Waals surface area contributed by atoms with Crippen LogP contribution in [0, 0.1) is 0 Å². The molecule has 0 aliphatic carbocycles. The Bertz CT molecular complexity index is 783. The van der Waals surface area contributed by atoms with Gasteiger partial charge in [0.15, 0.2) is 5.01 Å². The van der Waals surface area contributed by atoms with Gasteiger partial charge < -0.3 is 11.1 Å². The smallest absolute Gasteiger partial charge is 0.217 e. The van der Waals surface area contributed by atoms with Gasteiger partial charge in [0.25, 0.3) is 0 Å². The van der Waals surface area contributed by atoms with Crippen LogP contribution in [0.1, 0.15) is 23.5 Å². The second-order valence-corrected chi connectivity index (χ2v) is 6.75. The van der Waals surface area contributed by atoms with Crippen molar-refractivity contribution < 1.29 is 4.79 Å². The Balaban J connectivity index is 1.84. The van der Waals surface area contributed by atoms with Gasteiger partial charge in [0, 0.05) is 18.0 Å². The second kappa shape index (κ2) is 6.84. The highest BCUT2D eigenvalue weighted by Gasteiger charge is 2.19. The average molecular weight is 345 g/mol. The molecular weight excluding hydrogens is 330 g/mol. The van der Waals surface area contributed by atoms with E-state index in [9.17, 15) is 4.79 Å². The maximum atomic E-state index is 11.5. The monoisotopic (exact) mass is 345 g/mol. The van der Waals surface area contributed by atoms with E-state index in [4.69, 9.17) is 5.73 Å². The Morgan fingerprint density at radius 3 is 2.74 bits per heavy atom. The molecule has 0 aliphatic rings. The number of nitrogens with zero attached hydrogens (tertiary/aromatic N) is 3. The van der Waals surface area contributed by atoms with Crippen LogP contribution < -0.4 is 11.1 Å². The number of rotatable bonds is 5. The number of amides is 1. The SMILES string of the molecule is CC(=O)N[C@@H](Cc1ccc(N)cc1)c1nnc(-c2cscn2)s1. The molecule has 0 bridgehead atoms. The van der Waals surface area contributed by atoms with Crippen LogP contribution in [0.15, 0.2) is 35.2 Å². The zero-order valence-electron chi connectivity index (χ0n) is 12.4. The largest absolute Gasteiger partial charge is 0.399 e. The third-order valence-corrected chi connectivity index (χ3v) is 4.83. The summed E-state index contributed by atoms with van der Waals surface area (Å²) in [5, 5.41) is 14.8. The van der Waals surface area contributed by atoms with Gasteiger partial charge >= 0.3 is 0 Å². The van der Waals surface area contributed by atoms with Crippen molar-refractivity contribution in [2.24, 2.45) is 0 Å². The molecule has 0 aliphatic heterocycles. The third-order valence-electron chi connectivity index (χ3n) is 3.19. The van der Waals surface area contributed by atoms with Gasteiger partial charge in [-0.3, -0.25) is 4.79 Å². The number of thiazole rings is 1. The molecule has 0 spiro atoms. The predicted molar refractivity (Wildman–Crippen MR) is 92.1 cm³/mol. The molecule has 3 N–H and O–H groups in total. The molecule has 0 fully saturated rings. The molecule has 0 radical (unpaired) electrons. The first-order chi connectivity index (χ1) is 11.1. The van der Waals surface area contributed by atoms with E-state index in [1.54, 1.807) is 5.51 Å². The van der Waals surface area contributed by atoms with E-state index in [-0.39, 0.29) is 11.9 Å². The van der Waals surface area contributed by atoms with E-state index in [1.807, 2.05) is 29.6 Å². The van der Waals surface area contributed by atoms with Crippen LogP contribution in [0.3, 0.4) is 0 Å². The molecule has 1 aromatic carbocycles. The van der Waals surface area contributed by atoms with Crippen LogP contribution in [-0.4, -0.2) is 21.1 Å². The highest BCUT2D eigenvalue weighted by molar-refractivity contribution is 7.15. The van der Waals surface area contributed by atoms with Crippen molar-refractivity contribution in [3.63, 3.8) is 0 Å². The van der Waals surface area contributed by atoms with Crippen molar-refractivity contribution in [1.82, 2.24) is 20.5 Å². The van der Waals surface area contributed by atoms with Crippen molar-refractivity contribution >= 4 is 34.3 Å². The zero-order valence-corrected chi connectivity index (χ0v) is 14.0. The van der Waals surface area contributed by atoms with Crippen molar-refractivity contribution in [2.45, 2.75) is 19.4 Å². The molecule has 1 atom stereocenters. The number of carbonyl (C=O) groups excluding carboxylic acids is 1. The van der Waals surface area contributed by atoms with Crippen LogP contribution in [0.2, 0.25) is 0 Å². The fraction of sp³-hybridized carbons (Fsp3) is 0.200. The van der Waals surface area contributed by atoms with Gasteiger partial charge in [-0.15, -0.1) is 21.5 Å². The number of hydrogen-bond donors (Lipinski definition) is 2. The number of nitrogens with one attached hydrogen (secondary N) is 1. The number of carbonyl (C=O) groups is 1. The minimum atomic E-state index is -0.221. The van der Waals surface area contributed by atoms with Gasteiger partial charge in [-0.1, -0.05) is 23.5 Å². The molecule has 2 heterocycles. The summed E-state index contributed by atoms with van der Waals surface area (Å²) in [6.45, 7) is 1.50. The molecule has 0 saturated heterocycles. The van der Waals surface area contributed by atoms with Crippen LogP contribution in [-0.2, 0) is 11.2 Å². The first kappa shape index (κ1) is 15.6. The van der Waals surface area contributed by atoms with Crippen LogP contribution >= 0.6 is 22.7 Å². The topological polar surface area (TPSA) is 93.8 Å². The van der Waals surface area contributed by atoms with E-state index in [1.165, 1.54) is 29.6 Å². The number of nitrogen functional groups attached to an aromatic ring is 1. The first-order valence-corrected chi connectivity index (χ1v) is 8.71. The summed E-state index contributed by atoms with van der Waals surface area (Å²) >= 11 is 2.96. The molecule has 6 nitrogen and oxygen atoms in total. The Morgan fingerprint density at radius 2 is 2.09 bits per heavy atom. The van der Waals surface area contributed by atoms with Gasteiger partial charge in [0.05, 0.1) is 11.6 Å². The standard InChI is InChI=1S/C15H15N5OS2/c1-9(21)18-12(6-10-2-4-11(16)5-3-10)14-19-20-15(23-14)13-7-22-8-17-13/h2-5,7-8,12H,6,16H2,1H3,(H,18,21)/t12-/m0/s1. The first-order valence-electron chi connectivity index (χ1n) is 6.95. The Kier molecular flexibility index (Phi) is 4.63. The maximum Gasteiger partial charge on any atom is 0.217 e. The van der Waals surface area contributed by atoms with Crippen LogP contribution in [0.5, 0.6) is 0 Å². The summed E-state index contributed by atoms with van der Waals surface area (Å²) in [6.07, 6.45) is 0.631. The summed E-state index contributed by atoms with van der Waals surface area (Å²) in [5.41, 5.74) is 10.1. The summed E-state index contributed by atoms with van der Waals surface area (Å²) in [6, 6.07) is 7.38. The molecule has 3 rings (SSSR count). The van der Waals surface area contributed by atoms with Gasteiger partial charge in [-0.05, 0) is 24.1 Å². The predicted octanol–water partition coefficient (Wildman–Crippen LogP) is 2.66. The molecular formula is C15H15N5OS2. The number of hydrogen-bond acceptors (Lipinski definition) is 7. The maximum absolute atomic E-state index is 11.5. The minimum Gasteiger partial charge on any atom is -0.399 e. The summed E-state index contributed by atoms with van der Waals surface area (Å²) < 4.78 is 0. The number of benzene rings is 1. The zero-order chi connectivity index (χ0) is 16.2. The molecule has 8 heteroatoms. The van der Waals surface area contributed by atoms with Crippen LogP contribution in [0.4, 0.5) is 5.69 Å². The second-order valence-electron chi connectivity index (χ2n) is 5.02. The van der Waals surface area contributed by atoms with Gasteiger partial charge in [0.1, 0.15) is 10.7 Å². The number of anilines is 1. The van der Waals surface area contributed by atoms with E-state index >= 15 is 0 Å². The fourth-order valence-corrected chi connectivity index (χ4v) is 3.61. The molecule has 3 aromatic rings. The summed E-state index contributed by atoms with van der Waals surface area (Å²) in [7, 11) is 0. The van der Waals surface area contributed by atoms with E-state index in [2.05, 4.69) is 20.5 Å². The normalized spacial score (nSPS) is 12.0. The van der Waals surface area contributed by atoms with Gasteiger partial charge in [-0.25, -0.2) is 4.98 Å². The number of aromatic nitrogens is 3. The number of nitrogens with two attached hydrogens (primary N) is 1. The molecule has 0 unspecified atom stereocenters. The summed E-state index contributed by atoms with van der Waals surface area (Å²) in [5.74, 6) is -0.101. The Morgan fingerprint density at radius 1 is 1.30 bits per heavy atom. The average Bonchev–Trinajstić information content (AvgIpc) is 3.19. The highest BCUT2D eigenvalue weighted by Crippen LogP contribution is 2.28. The Hall–Kier alpha value is -2.32. The Labute approximate surface area is 141 Å². The molecule has 1 amide bonds. The lowest BCUT2D eigenvalue weighted by Gasteiger charge is -2.15. The third kappa shape index (κ3) is 3.91. The minimum absolute atomic E-state index is 0.101. The van der Waals surface area contributed by atoms with Crippen molar-refractivity contribution in [3.05, 3.63) is 45.7 Å². The molecule has 23 heavy (non-hydrogen) atoms. The quantitative estimate of drug-likeness (QED) is 0.693. The van der Waals surface area contributed by atoms with Crippen molar-refractivity contribution in [2.75, 3.05) is 5.73 Å². The molecule has 118 valence electrons. The lowest BCUT2D eigenvalue weighted by Crippen LogP contribution is -2.27. The van der Waals surface area contributed by atoms with Crippen LogP contribution in [0.25, 0.3) is 10.7 Å². The highest BCUT2D eigenvalue weighted by atomic mass is 32.1. The van der Waals surface area contributed by atoms with Crippen molar-refractivity contribution in [3.8, 4) is 10.7 Å². The fourth-order valence-electron chi connectivity index (χ4n) is 2.13. The van der Waals surface area contributed by atoms with Gasteiger partial charge in [-0.2, -0.15) is 0 Å². The summed E-state index contributed by atoms with van der Waals surface area (Å²) in [4.78, 5) is 15.8. The lowest BCUT2D eigenvalue weighted by molar-refractivity contribution is -0.119. The van der Waals surface area contributed by atoms with E-state index in [0.29, 0.717) is 12.1 Å². The van der Waals surface area contributed by atoms with Gasteiger partial charge in [0.2, 0.25) is 5.91 Å².